The van der Waals surface area contributed by atoms with E-state index in [1.165, 1.54) is 19.2 Å². The first-order chi connectivity index (χ1) is 20.0. The summed E-state index contributed by atoms with van der Waals surface area (Å²) < 4.78 is 55.1. The van der Waals surface area contributed by atoms with Crippen molar-refractivity contribution in [3.05, 3.63) is 106 Å². The maximum atomic E-state index is 15.4. The molecular weight excluding hydrogens is 565 g/mol. The van der Waals surface area contributed by atoms with E-state index in [0.717, 1.165) is 16.7 Å². The molecule has 12 heteroatoms. The minimum atomic E-state index is -4.81. The van der Waals surface area contributed by atoms with E-state index >= 15 is 4.39 Å². The SMILES string of the molecule is COC[C@@H](c1ccccc1)n1c(COC(C)C)nc(O)c(S(=O)(=O)c2ccc(-c3ccccc3C(N)=O)c(F)c2)c1=O. The molecule has 4 aromatic rings. The summed E-state index contributed by atoms with van der Waals surface area (Å²) >= 11 is 0. The summed E-state index contributed by atoms with van der Waals surface area (Å²) in [5, 5.41) is 10.8. The number of carbonyl (C=O) groups is 1. The molecule has 0 radical (unpaired) electrons. The van der Waals surface area contributed by atoms with Gasteiger partial charge in [0.05, 0.1) is 23.6 Å². The first kappa shape index (κ1) is 30.6. The number of carbonyl (C=O) groups excluding carboxylic acids is 1. The van der Waals surface area contributed by atoms with Crippen LogP contribution in [-0.4, -0.2) is 48.8 Å². The fourth-order valence-electron chi connectivity index (χ4n) is 4.53. The Kier molecular flexibility index (Phi) is 9.20. The number of rotatable bonds is 11. The van der Waals surface area contributed by atoms with Crippen molar-refractivity contribution in [2.45, 2.75) is 42.4 Å². The summed E-state index contributed by atoms with van der Waals surface area (Å²) in [7, 11) is -3.38. The highest BCUT2D eigenvalue weighted by atomic mass is 32.2. The number of amides is 1. The van der Waals surface area contributed by atoms with Crippen molar-refractivity contribution in [1.82, 2.24) is 9.55 Å². The molecule has 4 rings (SSSR count). The molecule has 1 aromatic heterocycles. The zero-order valence-electron chi connectivity index (χ0n) is 23.2. The van der Waals surface area contributed by atoms with Crippen LogP contribution >= 0.6 is 0 Å². The van der Waals surface area contributed by atoms with Gasteiger partial charge in [0.15, 0.2) is 4.90 Å². The van der Waals surface area contributed by atoms with Gasteiger partial charge in [-0.15, -0.1) is 0 Å². The number of benzene rings is 3. The molecule has 0 unspecified atom stereocenters. The quantitative estimate of drug-likeness (QED) is 0.265. The summed E-state index contributed by atoms with van der Waals surface area (Å²) in [5.41, 5.74) is 5.08. The highest BCUT2D eigenvalue weighted by Crippen LogP contribution is 2.32. The molecule has 0 bridgehead atoms. The van der Waals surface area contributed by atoms with Crippen molar-refractivity contribution in [3.63, 3.8) is 0 Å². The van der Waals surface area contributed by atoms with Gasteiger partial charge in [-0.05, 0) is 43.2 Å². The first-order valence-corrected chi connectivity index (χ1v) is 14.4. The summed E-state index contributed by atoms with van der Waals surface area (Å²) in [6.45, 7) is 3.29. The molecule has 3 N–H and O–H groups in total. The average molecular weight is 596 g/mol. The number of hydrogen-bond donors (Lipinski definition) is 2. The second kappa shape index (κ2) is 12.6. The largest absolute Gasteiger partial charge is 0.492 e. The van der Waals surface area contributed by atoms with Gasteiger partial charge in [0.1, 0.15) is 18.2 Å². The van der Waals surface area contributed by atoms with Crippen molar-refractivity contribution >= 4 is 15.7 Å². The van der Waals surface area contributed by atoms with E-state index in [0.29, 0.717) is 11.6 Å². The number of ether oxygens (including phenoxy) is 2. The molecule has 1 heterocycles. The molecule has 0 spiro atoms. The maximum absolute atomic E-state index is 15.4. The van der Waals surface area contributed by atoms with E-state index in [4.69, 9.17) is 15.2 Å². The lowest BCUT2D eigenvalue weighted by molar-refractivity contribution is 0.0557. The Balaban J connectivity index is 1.91. The van der Waals surface area contributed by atoms with Gasteiger partial charge in [-0.1, -0.05) is 54.6 Å². The third kappa shape index (κ3) is 6.10. The fraction of sp³-hybridized carbons (Fsp3) is 0.233. The number of nitrogens with zero attached hydrogens (tertiary/aromatic N) is 2. The van der Waals surface area contributed by atoms with Gasteiger partial charge in [-0.2, -0.15) is 4.98 Å². The molecule has 0 aliphatic carbocycles. The van der Waals surface area contributed by atoms with E-state index in [9.17, 15) is 23.1 Å². The monoisotopic (exact) mass is 595 g/mol. The van der Waals surface area contributed by atoms with Gasteiger partial charge < -0.3 is 20.3 Å². The van der Waals surface area contributed by atoms with Crippen LogP contribution in [0.2, 0.25) is 0 Å². The van der Waals surface area contributed by atoms with Gasteiger partial charge in [0.2, 0.25) is 21.6 Å². The summed E-state index contributed by atoms with van der Waals surface area (Å²) in [5.74, 6) is -2.85. The molecule has 220 valence electrons. The molecule has 0 saturated carbocycles. The van der Waals surface area contributed by atoms with Crippen molar-refractivity contribution in [1.29, 1.82) is 0 Å². The van der Waals surface area contributed by atoms with E-state index in [1.54, 1.807) is 56.3 Å². The standard InChI is InChI=1S/C30H30FN3O7S/c1-18(2)41-17-26-33-29(36)27(30(37)34(26)25(16-40-3)19-9-5-4-6-10-19)42(38,39)20-13-14-22(24(31)15-20)21-11-7-8-12-23(21)28(32)35/h4-15,18,25,36H,16-17H2,1-3H3,(H2,32,35)/t25-/m0/s1. The van der Waals surface area contributed by atoms with E-state index in [-0.39, 0.29) is 41.8 Å². The highest BCUT2D eigenvalue weighted by Gasteiger charge is 2.33. The number of halogens is 1. The molecule has 0 saturated heterocycles. The number of aromatic nitrogens is 2. The van der Waals surface area contributed by atoms with Crippen LogP contribution in [0.15, 0.2) is 87.4 Å². The first-order valence-electron chi connectivity index (χ1n) is 12.9. The Labute approximate surface area is 242 Å². The smallest absolute Gasteiger partial charge is 0.277 e. The van der Waals surface area contributed by atoms with Gasteiger partial charge in [0, 0.05) is 18.2 Å². The van der Waals surface area contributed by atoms with Gasteiger partial charge in [-0.25, -0.2) is 12.8 Å². The lowest BCUT2D eigenvalue weighted by Gasteiger charge is -2.24. The third-order valence-corrected chi connectivity index (χ3v) is 8.27. The summed E-state index contributed by atoms with van der Waals surface area (Å²) in [4.78, 5) is 28.3. The van der Waals surface area contributed by atoms with Crippen molar-refractivity contribution in [3.8, 4) is 17.0 Å². The van der Waals surface area contributed by atoms with E-state index in [2.05, 4.69) is 4.98 Å². The number of aromatic hydroxyl groups is 1. The van der Waals surface area contributed by atoms with E-state index < -0.39 is 48.8 Å². The zero-order chi connectivity index (χ0) is 30.6. The second-order valence-corrected chi connectivity index (χ2v) is 11.5. The Morgan fingerprint density at radius 2 is 1.71 bits per heavy atom. The lowest BCUT2D eigenvalue weighted by atomic mass is 9.99. The van der Waals surface area contributed by atoms with Crippen LogP contribution in [0.4, 0.5) is 4.39 Å². The van der Waals surface area contributed by atoms with Crippen LogP contribution < -0.4 is 11.3 Å². The number of hydrogen-bond acceptors (Lipinski definition) is 8. The topological polar surface area (TPSA) is 151 Å². The molecule has 0 fully saturated rings. The van der Waals surface area contributed by atoms with Crippen LogP contribution in [0.5, 0.6) is 5.88 Å². The van der Waals surface area contributed by atoms with Crippen molar-refractivity contribution in [2.24, 2.45) is 5.73 Å². The molecule has 42 heavy (non-hydrogen) atoms. The third-order valence-electron chi connectivity index (χ3n) is 6.50. The highest BCUT2D eigenvalue weighted by molar-refractivity contribution is 7.91. The van der Waals surface area contributed by atoms with Crippen molar-refractivity contribution in [2.75, 3.05) is 13.7 Å². The number of nitrogens with two attached hydrogens (primary N) is 1. The molecule has 3 aromatic carbocycles. The average Bonchev–Trinajstić information content (AvgIpc) is 2.95. The second-order valence-electron chi connectivity index (χ2n) is 9.65. The van der Waals surface area contributed by atoms with E-state index in [1.807, 2.05) is 0 Å². The summed E-state index contributed by atoms with van der Waals surface area (Å²) in [6.07, 6.45) is -0.264. The Morgan fingerprint density at radius 3 is 2.33 bits per heavy atom. The number of sulfone groups is 1. The Bertz CT molecular complexity index is 1770. The van der Waals surface area contributed by atoms with Crippen LogP contribution in [-0.2, 0) is 25.9 Å². The van der Waals surface area contributed by atoms with Crippen LogP contribution in [0.1, 0.15) is 41.6 Å². The number of methoxy groups -OCH3 is 1. The maximum Gasteiger partial charge on any atom is 0.277 e. The Hall–Kier alpha value is -4.39. The number of primary amides is 1. The van der Waals surface area contributed by atoms with Crippen LogP contribution in [0.3, 0.4) is 0 Å². The lowest BCUT2D eigenvalue weighted by Crippen LogP contribution is -2.35. The minimum Gasteiger partial charge on any atom is -0.492 e. The Morgan fingerprint density at radius 1 is 1.05 bits per heavy atom. The van der Waals surface area contributed by atoms with Crippen LogP contribution in [0, 0.1) is 5.82 Å². The van der Waals surface area contributed by atoms with Gasteiger partial charge in [0.25, 0.3) is 5.56 Å². The molecule has 1 atom stereocenters. The van der Waals surface area contributed by atoms with Crippen molar-refractivity contribution < 1.29 is 32.2 Å². The predicted octanol–water partition coefficient (Wildman–Crippen LogP) is 3.85. The molecule has 0 aliphatic heterocycles. The fourth-order valence-corrected chi connectivity index (χ4v) is 5.89. The molecule has 0 aliphatic rings. The minimum absolute atomic E-state index is 0.0272. The normalized spacial score (nSPS) is 12.4. The van der Waals surface area contributed by atoms with Gasteiger partial charge in [-0.3, -0.25) is 14.2 Å². The molecular formula is C30H30FN3O7S. The molecule has 1 amide bonds. The molecule has 10 nitrogen and oxygen atoms in total. The van der Waals surface area contributed by atoms with Gasteiger partial charge >= 0.3 is 0 Å². The van der Waals surface area contributed by atoms with Crippen LogP contribution in [0.25, 0.3) is 11.1 Å². The summed E-state index contributed by atoms with van der Waals surface area (Å²) in [6, 6.07) is 16.9. The zero-order valence-corrected chi connectivity index (χ0v) is 24.0. The predicted molar refractivity (Wildman–Crippen MR) is 152 cm³/mol.